The van der Waals surface area contributed by atoms with Crippen LogP contribution in [0.4, 0.5) is 21.5 Å². The summed E-state index contributed by atoms with van der Waals surface area (Å²) in [5.74, 6) is -4.80. The van der Waals surface area contributed by atoms with Crippen LogP contribution in [-0.2, 0) is 0 Å². The molecule has 0 fully saturated rings. The zero-order valence-electron chi connectivity index (χ0n) is 32.8. The van der Waals surface area contributed by atoms with Gasteiger partial charge in [0.1, 0.15) is 5.82 Å². The van der Waals surface area contributed by atoms with Crippen LogP contribution >= 0.6 is 0 Å². The highest BCUT2D eigenvalue weighted by molar-refractivity contribution is 6.11. The quantitative estimate of drug-likeness (QED) is 0.0727. The molecule has 0 unspecified atom stereocenters. The highest BCUT2D eigenvalue weighted by atomic mass is 19.1. The minimum Gasteiger partial charge on any atom is -0.504 e. The van der Waals surface area contributed by atoms with Gasteiger partial charge in [-0.25, -0.2) is 4.39 Å². The molecule has 5 N–H and O–H groups in total. The van der Waals surface area contributed by atoms with Crippen molar-refractivity contribution in [3.8, 4) is 67.9 Å². The number of nitrogens with zero attached hydrogens (tertiary/aromatic N) is 3. The van der Waals surface area contributed by atoms with Crippen molar-refractivity contribution < 1.29 is 29.9 Å². The van der Waals surface area contributed by atoms with Gasteiger partial charge in [0, 0.05) is 33.4 Å². The van der Waals surface area contributed by atoms with Gasteiger partial charge in [0.15, 0.2) is 11.5 Å². The number of hydrogen-bond acceptors (Lipinski definition) is 7. The van der Waals surface area contributed by atoms with Gasteiger partial charge in [-0.2, -0.15) is 0 Å². The minimum atomic E-state index is -1.02. The van der Waals surface area contributed by atoms with Crippen molar-refractivity contribution in [3.05, 3.63) is 181 Å². The predicted octanol–water partition coefficient (Wildman–Crippen LogP) is 13.0. The van der Waals surface area contributed by atoms with Crippen LogP contribution < -0.4 is 4.90 Å². The lowest BCUT2D eigenvalue weighted by atomic mass is 9.99. The summed E-state index contributed by atoms with van der Waals surface area (Å²) in [7, 11) is 0. The Hall–Kier alpha value is -8.30. The fourth-order valence-corrected chi connectivity index (χ4v) is 7.94. The average molecular weight is 804 g/mol. The number of aromatic nitrogens is 2. The molecule has 9 aromatic rings. The van der Waals surface area contributed by atoms with Gasteiger partial charge >= 0.3 is 0 Å². The summed E-state index contributed by atoms with van der Waals surface area (Å²) in [4.78, 5) is 6.97. The van der Waals surface area contributed by atoms with E-state index in [1.165, 1.54) is 12.1 Å². The first-order valence-corrected chi connectivity index (χ1v) is 19.5. The summed E-state index contributed by atoms with van der Waals surface area (Å²) in [6, 6.07) is 45.9. The molecule has 0 aliphatic rings. The van der Waals surface area contributed by atoms with Gasteiger partial charge < -0.3 is 35.0 Å². The Balaban J connectivity index is 1.17. The molecule has 0 spiro atoms. The van der Waals surface area contributed by atoms with Crippen molar-refractivity contribution >= 4 is 51.0 Å². The summed E-state index contributed by atoms with van der Waals surface area (Å²) < 4.78 is 16.2. The molecule has 0 bridgehead atoms. The van der Waals surface area contributed by atoms with Crippen LogP contribution in [0.25, 0.3) is 73.2 Å². The third kappa shape index (κ3) is 6.73. The summed E-state index contributed by atoms with van der Waals surface area (Å²) in [5, 5.41) is 54.3. The van der Waals surface area contributed by atoms with Crippen LogP contribution in [-0.4, -0.2) is 35.1 Å². The molecule has 0 saturated heterocycles. The number of anilines is 3. The van der Waals surface area contributed by atoms with E-state index in [2.05, 4.69) is 23.3 Å². The summed E-state index contributed by atoms with van der Waals surface area (Å²) in [6.07, 6.45) is 7.61. The minimum absolute atomic E-state index is 0.236. The highest BCUT2D eigenvalue weighted by Gasteiger charge is 2.25. The molecule has 2 heterocycles. The van der Waals surface area contributed by atoms with Crippen molar-refractivity contribution in [1.29, 1.82) is 0 Å². The number of rotatable bonds is 9. The van der Waals surface area contributed by atoms with E-state index in [-0.39, 0.29) is 11.4 Å². The van der Waals surface area contributed by atoms with Crippen molar-refractivity contribution in [2.75, 3.05) is 4.90 Å². The first kappa shape index (κ1) is 38.2. The fraction of sp³-hybridized carbons (Fsp3) is 0.0192. The maximum Gasteiger partial charge on any atom is 0.208 e. The SMILES string of the molecule is C=Cc1ccc(N(c2ccc(F)cc2)c2ccc(-c3ccc4c(c3)c3ccc(-c5c(O)c(O)c(O)c(O)c5O)cc3n4-c3ccc(-c4ccccc4)cc3)nc2)cc1/C=C\C. The van der Waals surface area contributed by atoms with Crippen LogP contribution in [0.15, 0.2) is 164 Å². The monoisotopic (exact) mass is 803 g/mol. The summed E-state index contributed by atoms with van der Waals surface area (Å²) in [6.45, 7) is 5.93. The van der Waals surface area contributed by atoms with Crippen molar-refractivity contribution in [2.45, 2.75) is 6.92 Å². The normalized spacial score (nSPS) is 11.4. The van der Waals surface area contributed by atoms with Crippen molar-refractivity contribution in [1.82, 2.24) is 9.55 Å². The molecule has 0 saturated carbocycles. The lowest BCUT2D eigenvalue weighted by Crippen LogP contribution is -2.10. The Morgan fingerprint density at radius 3 is 1.87 bits per heavy atom. The van der Waals surface area contributed by atoms with E-state index in [1.54, 1.807) is 30.5 Å². The molecule has 0 amide bonds. The molecular formula is C52H38FN3O5. The first-order chi connectivity index (χ1) is 29.6. The molecule has 0 aliphatic carbocycles. The Morgan fingerprint density at radius 1 is 0.557 bits per heavy atom. The number of fused-ring (bicyclic) bond motifs is 3. The standard InChI is InChI=1S/C52H38FN3O5/c1-3-8-34-27-40(20-11-31(34)4-2)55(38-21-16-37(53)17-22-38)41-23-25-44(54-30-41)35-15-26-45-43(28-35)42-24-14-36(47-48(57)50(59)52(61)51(60)49(47)58)29-46(42)56(45)39-18-12-33(13-19-39)32-9-6-5-7-10-32/h3-30,57-61H,2H2,1H3/b8-3-. The number of halogens is 1. The van der Waals surface area contributed by atoms with E-state index in [4.69, 9.17) is 4.98 Å². The molecule has 61 heavy (non-hydrogen) atoms. The van der Waals surface area contributed by atoms with E-state index in [0.717, 1.165) is 72.5 Å². The van der Waals surface area contributed by atoms with Crippen LogP contribution in [0.2, 0.25) is 0 Å². The Labute approximate surface area is 350 Å². The van der Waals surface area contributed by atoms with Crippen LogP contribution in [0.5, 0.6) is 28.7 Å². The van der Waals surface area contributed by atoms with Gasteiger partial charge in [0.05, 0.1) is 34.2 Å². The predicted molar refractivity (Wildman–Crippen MR) is 243 cm³/mol. The van der Waals surface area contributed by atoms with Crippen molar-refractivity contribution in [2.24, 2.45) is 0 Å². The molecule has 0 radical (unpaired) electrons. The second-order valence-corrected chi connectivity index (χ2v) is 14.6. The Morgan fingerprint density at radius 2 is 1.20 bits per heavy atom. The number of phenols is 5. The van der Waals surface area contributed by atoms with Gasteiger partial charge in [-0.3, -0.25) is 4.98 Å². The number of benzene rings is 7. The number of hydrogen-bond donors (Lipinski definition) is 5. The second kappa shape index (κ2) is 15.5. The van der Waals surface area contributed by atoms with Crippen LogP contribution in [0.3, 0.4) is 0 Å². The largest absolute Gasteiger partial charge is 0.504 e. The molecule has 9 rings (SSSR count). The van der Waals surface area contributed by atoms with E-state index >= 15 is 0 Å². The van der Waals surface area contributed by atoms with Gasteiger partial charge in [-0.05, 0) is 114 Å². The third-order valence-electron chi connectivity index (χ3n) is 10.9. The topological polar surface area (TPSA) is 122 Å². The molecule has 9 heteroatoms. The van der Waals surface area contributed by atoms with Gasteiger partial charge in [0.2, 0.25) is 17.2 Å². The molecule has 2 aromatic heterocycles. The lowest BCUT2D eigenvalue weighted by molar-refractivity contribution is 0.330. The maximum absolute atomic E-state index is 14.1. The summed E-state index contributed by atoms with van der Waals surface area (Å²) >= 11 is 0. The first-order valence-electron chi connectivity index (χ1n) is 19.5. The second-order valence-electron chi connectivity index (χ2n) is 14.6. The summed E-state index contributed by atoms with van der Waals surface area (Å²) in [5.41, 5.74) is 10.5. The maximum atomic E-state index is 14.1. The smallest absolute Gasteiger partial charge is 0.208 e. The molecule has 0 atom stereocenters. The highest BCUT2D eigenvalue weighted by Crippen LogP contribution is 2.55. The van der Waals surface area contributed by atoms with E-state index in [9.17, 15) is 29.9 Å². The molecule has 0 aliphatic heterocycles. The number of pyridine rings is 1. The Bertz CT molecular complexity index is 3130. The molecular weight excluding hydrogens is 766 g/mol. The number of phenolic OH excluding ortho intramolecular Hbond substituents is 5. The van der Waals surface area contributed by atoms with E-state index in [0.29, 0.717) is 11.1 Å². The molecule has 8 nitrogen and oxygen atoms in total. The van der Waals surface area contributed by atoms with Gasteiger partial charge in [-0.1, -0.05) is 91.5 Å². The van der Waals surface area contributed by atoms with Crippen molar-refractivity contribution in [3.63, 3.8) is 0 Å². The molecule has 7 aromatic carbocycles. The Kier molecular flexibility index (Phi) is 9.69. The zero-order chi connectivity index (χ0) is 42.4. The zero-order valence-corrected chi connectivity index (χ0v) is 32.8. The lowest BCUT2D eigenvalue weighted by Gasteiger charge is -2.26. The third-order valence-corrected chi connectivity index (χ3v) is 10.9. The van der Waals surface area contributed by atoms with Gasteiger partial charge in [-0.15, -0.1) is 0 Å². The number of allylic oxidation sites excluding steroid dienone is 1. The molecule has 298 valence electrons. The fourth-order valence-electron chi connectivity index (χ4n) is 7.94. The van der Waals surface area contributed by atoms with E-state index < -0.39 is 28.7 Å². The number of aromatic hydroxyl groups is 5. The van der Waals surface area contributed by atoms with Crippen LogP contribution in [0.1, 0.15) is 18.1 Å². The van der Waals surface area contributed by atoms with Gasteiger partial charge in [0.25, 0.3) is 0 Å². The average Bonchev–Trinajstić information content (AvgIpc) is 3.62. The van der Waals surface area contributed by atoms with E-state index in [1.807, 2.05) is 127 Å². The van der Waals surface area contributed by atoms with Crippen LogP contribution in [0, 0.1) is 5.82 Å².